The number of nitrogens with one attached hydrogen (secondary N) is 1. The van der Waals surface area contributed by atoms with Gasteiger partial charge in [0.15, 0.2) is 0 Å². The second-order valence-electron chi connectivity index (χ2n) is 5.35. The van der Waals surface area contributed by atoms with Crippen LogP contribution in [0.15, 0.2) is 0 Å². The van der Waals surface area contributed by atoms with E-state index in [4.69, 9.17) is 0 Å². The molecule has 15 heavy (non-hydrogen) atoms. The molecule has 2 heteroatoms. The van der Waals surface area contributed by atoms with E-state index >= 15 is 0 Å². The normalized spacial score (nSPS) is 16.4. The minimum absolute atomic E-state index is 0.388. The summed E-state index contributed by atoms with van der Waals surface area (Å²) in [7, 11) is 0. The third-order valence-corrected chi connectivity index (χ3v) is 3.98. The van der Waals surface area contributed by atoms with Gasteiger partial charge in [-0.05, 0) is 18.9 Å². The summed E-state index contributed by atoms with van der Waals surface area (Å²) in [4.78, 5) is 0. The molecule has 0 radical (unpaired) electrons. The maximum absolute atomic E-state index is 3.62. The van der Waals surface area contributed by atoms with Crippen molar-refractivity contribution >= 4 is 11.8 Å². The van der Waals surface area contributed by atoms with Crippen molar-refractivity contribution in [2.24, 2.45) is 5.92 Å². The summed E-state index contributed by atoms with van der Waals surface area (Å²) in [5.41, 5.74) is 0. The van der Waals surface area contributed by atoms with Crippen LogP contribution in [-0.2, 0) is 0 Å². The number of rotatable bonds is 7. The fraction of sp³-hybridized carbons (Fsp3) is 1.00. The Hall–Kier alpha value is 0.310. The molecule has 0 rings (SSSR count). The van der Waals surface area contributed by atoms with Crippen molar-refractivity contribution in [3.63, 3.8) is 0 Å². The zero-order chi connectivity index (χ0) is 11.9. The summed E-state index contributed by atoms with van der Waals surface area (Å²) >= 11 is 2.07. The average molecular weight is 231 g/mol. The molecular weight excluding hydrogens is 202 g/mol. The van der Waals surface area contributed by atoms with Gasteiger partial charge in [0.1, 0.15) is 0 Å². The van der Waals surface area contributed by atoms with Gasteiger partial charge in [0, 0.05) is 16.5 Å². The molecule has 0 aromatic heterocycles. The molecule has 2 atom stereocenters. The Morgan fingerprint density at radius 3 is 2.20 bits per heavy atom. The Balaban J connectivity index is 4.03. The molecule has 0 aliphatic heterocycles. The monoisotopic (exact) mass is 231 g/mol. The van der Waals surface area contributed by atoms with E-state index in [1.807, 2.05) is 0 Å². The topological polar surface area (TPSA) is 12.0 Å². The van der Waals surface area contributed by atoms with E-state index in [1.165, 1.54) is 18.6 Å². The Morgan fingerprint density at radius 2 is 1.80 bits per heavy atom. The van der Waals surface area contributed by atoms with Gasteiger partial charge in [-0.25, -0.2) is 0 Å². The maximum atomic E-state index is 3.62. The first-order valence-electron chi connectivity index (χ1n) is 6.28. The van der Waals surface area contributed by atoms with Crippen molar-refractivity contribution in [1.29, 1.82) is 0 Å². The summed E-state index contributed by atoms with van der Waals surface area (Å²) in [6, 6.07) is 0.680. The van der Waals surface area contributed by atoms with E-state index < -0.39 is 0 Å². The van der Waals surface area contributed by atoms with Crippen molar-refractivity contribution in [2.75, 3.05) is 12.3 Å². The van der Waals surface area contributed by atoms with Gasteiger partial charge in [0.05, 0.1) is 0 Å². The zero-order valence-corrected chi connectivity index (χ0v) is 12.2. The highest BCUT2D eigenvalue weighted by Crippen LogP contribution is 2.26. The summed E-state index contributed by atoms with van der Waals surface area (Å²) < 4.78 is 0.388. The molecule has 1 N–H and O–H groups in total. The van der Waals surface area contributed by atoms with Crippen LogP contribution in [0.3, 0.4) is 0 Å². The first kappa shape index (κ1) is 15.3. The Bertz CT molecular complexity index is 151. The van der Waals surface area contributed by atoms with Crippen LogP contribution in [0.4, 0.5) is 0 Å². The third-order valence-electron chi connectivity index (χ3n) is 2.59. The molecule has 0 saturated heterocycles. The fourth-order valence-electron chi connectivity index (χ4n) is 1.68. The van der Waals surface area contributed by atoms with E-state index in [0.717, 1.165) is 12.5 Å². The maximum Gasteiger partial charge on any atom is 0.0183 e. The molecule has 0 aromatic rings. The van der Waals surface area contributed by atoms with E-state index in [-0.39, 0.29) is 0 Å². The van der Waals surface area contributed by atoms with E-state index in [9.17, 15) is 0 Å². The minimum Gasteiger partial charge on any atom is -0.313 e. The molecule has 0 bridgehead atoms. The van der Waals surface area contributed by atoms with Crippen LogP contribution in [0, 0.1) is 5.92 Å². The molecule has 92 valence electrons. The van der Waals surface area contributed by atoms with Crippen LogP contribution in [0.5, 0.6) is 0 Å². The van der Waals surface area contributed by atoms with Crippen LogP contribution < -0.4 is 5.32 Å². The lowest BCUT2D eigenvalue weighted by Gasteiger charge is -2.27. The number of thioether (sulfide) groups is 1. The van der Waals surface area contributed by atoms with Gasteiger partial charge in [-0.2, -0.15) is 11.8 Å². The van der Waals surface area contributed by atoms with Gasteiger partial charge < -0.3 is 5.32 Å². The minimum atomic E-state index is 0.388. The Morgan fingerprint density at radius 1 is 1.20 bits per heavy atom. The predicted molar refractivity (Wildman–Crippen MR) is 73.7 cm³/mol. The molecule has 0 aromatic carbocycles. The van der Waals surface area contributed by atoms with Crippen molar-refractivity contribution in [3.05, 3.63) is 0 Å². The highest BCUT2D eigenvalue weighted by Gasteiger charge is 2.19. The SMILES string of the molecule is CCCC(C)C(CSC(C)(C)C)NCC. The number of hydrogen-bond donors (Lipinski definition) is 1. The number of hydrogen-bond acceptors (Lipinski definition) is 2. The molecule has 1 nitrogen and oxygen atoms in total. The molecule has 0 aliphatic carbocycles. The summed E-state index contributed by atoms with van der Waals surface area (Å²) in [5.74, 6) is 2.03. The van der Waals surface area contributed by atoms with Gasteiger partial charge in [-0.15, -0.1) is 0 Å². The summed E-state index contributed by atoms with van der Waals surface area (Å²) in [6.45, 7) is 14.8. The smallest absolute Gasteiger partial charge is 0.0183 e. The lowest BCUT2D eigenvalue weighted by atomic mass is 9.98. The second-order valence-corrected chi connectivity index (χ2v) is 7.20. The van der Waals surface area contributed by atoms with Crippen molar-refractivity contribution < 1.29 is 0 Å². The standard InChI is InChI=1S/C13H29NS/c1-7-9-11(3)12(14-8-2)10-15-13(4,5)6/h11-12,14H,7-10H2,1-6H3. The molecule has 0 saturated carbocycles. The fourth-order valence-corrected chi connectivity index (χ4v) is 2.81. The van der Waals surface area contributed by atoms with E-state index in [0.29, 0.717) is 10.8 Å². The molecule has 0 amide bonds. The molecule has 2 unspecified atom stereocenters. The molecule has 0 spiro atoms. The van der Waals surface area contributed by atoms with Gasteiger partial charge >= 0.3 is 0 Å². The molecular formula is C13H29NS. The first-order valence-corrected chi connectivity index (χ1v) is 7.26. The van der Waals surface area contributed by atoms with Gasteiger partial charge in [-0.1, -0.05) is 48.0 Å². The predicted octanol–water partition coefficient (Wildman–Crippen LogP) is 3.93. The van der Waals surface area contributed by atoms with E-state index in [1.54, 1.807) is 0 Å². The highest BCUT2D eigenvalue weighted by atomic mass is 32.2. The summed E-state index contributed by atoms with van der Waals surface area (Å²) in [5, 5.41) is 3.62. The molecule has 0 aliphatic rings. The Labute approximate surface area is 101 Å². The quantitative estimate of drug-likeness (QED) is 0.712. The summed E-state index contributed by atoms with van der Waals surface area (Å²) in [6.07, 6.45) is 2.63. The lowest BCUT2D eigenvalue weighted by molar-refractivity contribution is 0.387. The zero-order valence-electron chi connectivity index (χ0n) is 11.4. The van der Waals surface area contributed by atoms with Crippen LogP contribution in [0.1, 0.15) is 54.4 Å². The van der Waals surface area contributed by atoms with Crippen LogP contribution in [0.25, 0.3) is 0 Å². The third kappa shape index (κ3) is 8.15. The Kier molecular flexibility index (Phi) is 7.72. The largest absolute Gasteiger partial charge is 0.313 e. The molecule has 0 heterocycles. The van der Waals surface area contributed by atoms with Gasteiger partial charge in [0.25, 0.3) is 0 Å². The highest BCUT2D eigenvalue weighted by molar-refractivity contribution is 8.00. The van der Waals surface area contributed by atoms with Crippen molar-refractivity contribution in [1.82, 2.24) is 5.32 Å². The van der Waals surface area contributed by atoms with Crippen LogP contribution >= 0.6 is 11.8 Å². The van der Waals surface area contributed by atoms with Gasteiger partial charge in [0.2, 0.25) is 0 Å². The van der Waals surface area contributed by atoms with E-state index in [2.05, 4.69) is 58.6 Å². The average Bonchev–Trinajstić information content (AvgIpc) is 2.11. The van der Waals surface area contributed by atoms with Crippen molar-refractivity contribution in [2.45, 2.75) is 65.2 Å². The van der Waals surface area contributed by atoms with Gasteiger partial charge in [-0.3, -0.25) is 0 Å². The molecule has 0 fully saturated rings. The van der Waals surface area contributed by atoms with Crippen LogP contribution in [0.2, 0.25) is 0 Å². The van der Waals surface area contributed by atoms with Crippen LogP contribution in [-0.4, -0.2) is 23.1 Å². The van der Waals surface area contributed by atoms with Crippen molar-refractivity contribution in [3.8, 4) is 0 Å². The first-order chi connectivity index (χ1) is 6.90. The lowest BCUT2D eigenvalue weighted by Crippen LogP contribution is -2.38. The second kappa shape index (κ2) is 7.56.